The lowest BCUT2D eigenvalue weighted by molar-refractivity contribution is 0.414. The maximum atomic E-state index is 5.17. The van der Waals surface area contributed by atoms with Crippen molar-refractivity contribution in [2.75, 3.05) is 21.3 Å². The average Bonchev–Trinajstić information content (AvgIpc) is 2.49. The highest BCUT2D eigenvalue weighted by Gasteiger charge is 2.04. The van der Waals surface area contributed by atoms with Crippen LogP contribution in [0.25, 0.3) is 5.32 Å². The van der Waals surface area contributed by atoms with Gasteiger partial charge in [-0.3, -0.25) is 0 Å². The SMILES string of the molecule is C[N-]C(c1ccc(OC)cc1)c1ccc(OC)cc1. The van der Waals surface area contributed by atoms with E-state index in [9.17, 15) is 0 Å². The van der Waals surface area contributed by atoms with Gasteiger partial charge < -0.3 is 14.8 Å². The molecule has 0 spiro atoms. The molecule has 0 radical (unpaired) electrons. The first-order chi connectivity index (χ1) is 9.28. The van der Waals surface area contributed by atoms with Crippen LogP contribution in [0.2, 0.25) is 0 Å². The van der Waals surface area contributed by atoms with E-state index in [4.69, 9.17) is 9.47 Å². The van der Waals surface area contributed by atoms with Gasteiger partial charge in [-0.15, -0.1) is 0 Å². The van der Waals surface area contributed by atoms with Crippen molar-refractivity contribution in [2.45, 2.75) is 6.04 Å². The zero-order valence-electron chi connectivity index (χ0n) is 11.5. The molecule has 0 aromatic heterocycles. The van der Waals surface area contributed by atoms with E-state index in [2.05, 4.69) is 5.32 Å². The highest BCUT2D eigenvalue weighted by molar-refractivity contribution is 5.40. The standard InChI is InChI=1S/C16H18NO2/c1-17-16(12-4-8-14(18-2)9-5-12)13-6-10-15(19-3)11-7-13/h4-11,16H,1-3H3/q-1. The van der Waals surface area contributed by atoms with Gasteiger partial charge in [-0.1, -0.05) is 41.4 Å². The van der Waals surface area contributed by atoms with Gasteiger partial charge in [0.1, 0.15) is 11.5 Å². The predicted molar refractivity (Wildman–Crippen MR) is 77.1 cm³/mol. The van der Waals surface area contributed by atoms with Crippen LogP contribution in [0.4, 0.5) is 0 Å². The van der Waals surface area contributed by atoms with Gasteiger partial charge in [-0.2, -0.15) is 7.05 Å². The Morgan fingerprint density at radius 3 is 1.37 bits per heavy atom. The smallest absolute Gasteiger partial charge is 0.118 e. The summed E-state index contributed by atoms with van der Waals surface area (Å²) in [5, 5.41) is 4.46. The van der Waals surface area contributed by atoms with Crippen LogP contribution in [0, 0.1) is 0 Å². The normalized spacial score (nSPS) is 10.5. The maximum absolute atomic E-state index is 5.17. The predicted octanol–water partition coefficient (Wildman–Crippen LogP) is 3.80. The summed E-state index contributed by atoms with van der Waals surface area (Å²) in [6.07, 6.45) is 0. The van der Waals surface area contributed by atoms with Crippen molar-refractivity contribution in [3.8, 4) is 11.5 Å². The molecule has 0 saturated heterocycles. The molecule has 19 heavy (non-hydrogen) atoms. The number of benzene rings is 2. The fourth-order valence-corrected chi connectivity index (χ4v) is 2.06. The monoisotopic (exact) mass is 256 g/mol. The highest BCUT2D eigenvalue weighted by Crippen LogP contribution is 2.30. The van der Waals surface area contributed by atoms with E-state index >= 15 is 0 Å². The van der Waals surface area contributed by atoms with Crippen LogP contribution in [0.3, 0.4) is 0 Å². The van der Waals surface area contributed by atoms with Crippen LogP contribution in [0.15, 0.2) is 48.5 Å². The van der Waals surface area contributed by atoms with Crippen LogP contribution < -0.4 is 9.47 Å². The second-order valence-electron chi connectivity index (χ2n) is 4.21. The molecule has 3 heteroatoms. The molecule has 100 valence electrons. The third kappa shape index (κ3) is 3.06. The molecule has 0 amide bonds. The molecule has 0 fully saturated rings. The Kier molecular flexibility index (Phi) is 4.42. The number of methoxy groups -OCH3 is 2. The van der Waals surface area contributed by atoms with Gasteiger partial charge in [-0.25, -0.2) is 0 Å². The Labute approximate surface area is 114 Å². The minimum absolute atomic E-state index is 0.0387. The van der Waals surface area contributed by atoms with E-state index in [1.165, 1.54) is 0 Å². The van der Waals surface area contributed by atoms with Crippen LogP contribution in [0.1, 0.15) is 17.2 Å². The van der Waals surface area contributed by atoms with Crippen molar-refractivity contribution in [3.63, 3.8) is 0 Å². The maximum Gasteiger partial charge on any atom is 0.118 e. The Balaban J connectivity index is 2.26. The van der Waals surface area contributed by atoms with E-state index < -0.39 is 0 Å². The molecule has 2 rings (SSSR count). The lowest BCUT2D eigenvalue weighted by Gasteiger charge is -2.29. The Morgan fingerprint density at radius 2 is 1.11 bits per heavy atom. The summed E-state index contributed by atoms with van der Waals surface area (Å²) in [6.45, 7) is 0. The number of nitrogens with zero attached hydrogens (tertiary/aromatic N) is 1. The number of hydrogen-bond donors (Lipinski definition) is 0. The Bertz CT molecular complexity index is 458. The van der Waals surface area contributed by atoms with Crippen molar-refractivity contribution in [1.82, 2.24) is 0 Å². The molecule has 0 aliphatic heterocycles. The minimum Gasteiger partial charge on any atom is -0.655 e. The summed E-state index contributed by atoms with van der Waals surface area (Å²) in [5.41, 5.74) is 2.29. The van der Waals surface area contributed by atoms with Crippen LogP contribution in [-0.4, -0.2) is 21.3 Å². The summed E-state index contributed by atoms with van der Waals surface area (Å²) in [5.74, 6) is 1.71. The Morgan fingerprint density at radius 1 is 0.737 bits per heavy atom. The summed E-state index contributed by atoms with van der Waals surface area (Å²) in [4.78, 5) is 0. The zero-order chi connectivity index (χ0) is 13.7. The van der Waals surface area contributed by atoms with Crippen LogP contribution in [0.5, 0.6) is 11.5 Å². The summed E-state index contributed by atoms with van der Waals surface area (Å²) >= 11 is 0. The number of ether oxygens (including phenoxy) is 2. The summed E-state index contributed by atoms with van der Waals surface area (Å²) in [7, 11) is 5.17. The number of rotatable bonds is 5. The van der Waals surface area contributed by atoms with Crippen molar-refractivity contribution >= 4 is 0 Å². The van der Waals surface area contributed by atoms with Gasteiger partial charge in [0.2, 0.25) is 0 Å². The van der Waals surface area contributed by atoms with Crippen molar-refractivity contribution < 1.29 is 9.47 Å². The largest absolute Gasteiger partial charge is 0.655 e. The molecule has 0 heterocycles. The number of hydrogen-bond acceptors (Lipinski definition) is 2. The molecule has 3 nitrogen and oxygen atoms in total. The molecule has 0 aliphatic rings. The average molecular weight is 256 g/mol. The second kappa shape index (κ2) is 6.25. The molecular weight excluding hydrogens is 238 g/mol. The topological polar surface area (TPSA) is 32.6 Å². The fraction of sp³-hybridized carbons (Fsp3) is 0.250. The molecule has 2 aromatic rings. The van der Waals surface area contributed by atoms with E-state index in [0.29, 0.717) is 0 Å². The Hall–Kier alpha value is -2.00. The fourth-order valence-electron chi connectivity index (χ4n) is 2.06. The first-order valence-corrected chi connectivity index (χ1v) is 6.15. The minimum atomic E-state index is 0.0387. The third-order valence-corrected chi connectivity index (χ3v) is 3.12. The van der Waals surface area contributed by atoms with Gasteiger partial charge in [0.25, 0.3) is 0 Å². The van der Waals surface area contributed by atoms with E-state index in [-0.39, 0.29) is 6.04 Å². The van der Waals surface area contributed by atoms with Crippen LogP contribution in [-0.2, 0) is 0 Å². The quantitative estimate of drug-likeness (QED) is 0.815. The molecule has 0 aliphatic carbocycles. The third-order valence-electron chi connectivity index (χ3n) is 3.12. The first kappa shape index (κ1) is 13.4. The molecule has 0 unspecified atom stereocenters. The van der Waals surface area contributed by atoms with E-state index in [0.717, 1.165) is 22.6 Å². The lowest BCUT2D eigenvalue weighted by atomic mass is 9.99. The van der Waals surface area contributed by atoms with E-state index in [1.54, 1.807) is 14.2 Å². The van der Waals surface area contributed by atoms with Gasteiger partial charge in [0.05, 0.1) is 14.2 Å². The molecule has 0 saturated carbocycles. The molecular formula is C16H18NO2-. The van der Waals surface area contributed by atoms with Crippen LogP contribution >= 0.6 is 0 Å². The summed E-state index contributed by atoms with van der Waals surface area (Å²) in [6, 6.07) is 16.0. The van der Waals surface area contributed by atoms with Gasteiger partial charge in [0.15, 0.2) is 0 Å². The molecule has 2 aromatic carbocycles. The van der Waals surface area contributed by atoms with Crippen molar-refractivity contribution in [3.05, 3.63) is 65.0 Å². The molecule has 0 N–H and O–H groups in total. The van der Waals surface area contributed by atoms with Crippen molar-refractivity contribution in [2.24, 2.45) is 0 Å². The molecule has 0 atom stereocenters. The second-order valence-corrected chi connectivity index (χ2v) is 4.21. The van der Waals surface area contributed by atoms with Crippen molar-refractivity contribution in [1.29, 1.82) is 0 Å². The highest BCUT2D eigenvalue weighted by atomic mass is 16.5. The van der Waals surface area contributed by atoms with Gasteiger partial charge in [-0.05, 0) is 24.3 Å². The zero-order valence-corrected chi connectivity index (χ0v) is 11.5. The van der Waals surface area contributed by atoms with Gasteiger partial charge >= 0.3 is 0 Å². The summed E-state index contributed by atoms with van der Waals surface area (Å²) < 4.78 is 10.3. The molecule has 0 bridgehead atoms. The van der Waals surface area contributed by atoms with Gasteiger partial charge in [0, 0.05) is 0 Å². The first-order valence-electron chi connectivity index (χ1n) is 6.15. The van der Waals surface area contributed by atoms with E-state index in [1.807, 2.05) is 55.6 Å². The lowest BCUT2D eigenvalue weighted by Crippen LogP contribution is -1.99.